The highest BCUT2D eigenvalue weighted by Gasteiger charge is 2.47. The van der Waals surface area contributed by atoms with E-state index in [9.17, 15) is 49.1 Å². The van der Waals surface area contributed by atoms with E-state index < -0.39 is 70.9 Å². The quantitative estimate of drug-likeness (QED) is 0.190. The Hall–Kier alpha value is -4.69. The van der Waals surface area contributed by atoms with Gasteiger partial charge < -0.3 is 25.8 Å². The van der Waals surface area contributed by atoms with E-state index in [1.807, 2.05) is 0 Å². The number of nitrogens with two attached hydrogens (primary N) is 1. The maximum atomic E-state index is 14.0. The Labute approximate surface area is 315 Å². The van der Waals surface area contributed by atoms with Gasteiger partial charge >= 0.3 is 30.7 Å². The van der Waals surface area contributed by atoms with Crippen LogP contribution in [0.15, 0.2) is 42.6 Å². The third-order valence-corrected chi connectivity index (χ3v) is 9.60. The fraction of sp³-hybridized carbons (Fsp3) is 0.500. The zero-order valence-corrected chi connectivity index (χ0v) is 30.3. The van der Waals surface area contributed by atoms with Crippen molar-refractivity contribution in [2.45, 2.75) is 69.8 Å². The number of amides is 3. The minimum absolute atomic E-state index is 0.0172. The highest BCUT2D eigenvalue weighted by Crippen LogP contribution is 2.47. The third kappa shape index (κ3) is 9.99. The molecule has 3 heterocycles. The maximum Gasteiger partial charge on any atom is 0.416 e. The molecular weight excluding hydrogens is 765 g/mol. The summed E-state index contributed by atoms with van der Waals surface area (Å²) in [5, 5.41) is 5.26. The van der Waals surface area contributed by atoms with E-state index in [2.05, 4.69) is 25.5 Å². The summed E-state index contributed by atoms with van der Waals surface area (Å²) in [5.74, 6) is -1.33. The topological polar surface area (TPSA) is 135 Å². The molecule has 11 nitrogen and oxygen atoms in total. The number of hydrogen-bond donors (Lipinski definition) is 3. The van der Waals surface area contributed by atoms with Crippen LogP contribution in [-0.2, 0) is 41.0 Å². The monoisotopic (exact) mass is 805 g/mol. The molecule has 0 aliphatic carbocycles. The van der Waals surface area contributed by atoms with Crippen LogP contribution in [-0.4, -0.2) is 78.7 Å². The summed E-state index contributed by atoms with van der Waals surface area (Å²) in [4.78, 5) is 38.0. The molecular formula is C36H40F9N7O4. The molecule has 1 aromatic heterocycles. The number of nitrogens with zero attached hydrogens (tertiary/aromatic N) is 4. The average Bonchev–Trinajstić information content (AvgIpc) is 3.13. The summed E-state index contributed by atoms with van der Waals surface area (Å²) < 4.78 is 135. The molecule has 1 saturated heterocycles. The first-order chi connectivity index (χ1) is 26.2. The van der Waals surface area contributed by atoms with Gasteiger partial charge in [-0.15, -0.1) is 0 Å². The molecule has 5 rings (SSSR count). The van der Waals surface area contributed by atoms with Crippen LogP contribution in [0, 0.1) is 0 Å². The van der Waals surface area contributed by atoms with Gasteiger partial charge in [0.25, 0.3) is 0 Å². The number of morpholine rings is 1. The number of aromatic nitrogens is 2. The predicted molar refractivity (Wildman–Crippen MR) is 183 cm³/mol. The Bertz CT molecular complexity index is 1850. The summed E-state index contributed by atoms with van der Waals surface area (Å²) in [7, 11) is 0. The van der Waals surface area contributed by atoms with Gasteiger partial charge in [-0.3, -0.25) is 9.80 Å². The number of hydrogen-bond acceptors (Lipinski definition) is 8. The summed E-state index contributed by atoms with van der Waals surface area (Å²) >= 11 is 0. The van der Waals surface area contributed by atoms with Crippen molar-refractivity contribution < 1.29 is 58.6 Å². The number of benzene rings is 2. The Kier molecular flexibility index (Phi) is 12.7. The smallest absolute Gasteiger partial charge is 0.416 e. The molecule has 3 aromatic rings. The lowest BCUT2D eigenvalue weighted by atomic mass is 9.80. The van der Waals surface area contributed by atoms with Gasteiger partial charge in [0.15, 0.2) is 0 Å². The summed E-state index contributed by atoms with van der Waals surface area (Å²) in [5.41, 5.74) is 0.430. The number of carbonyl (C=O) groups is 2. The Morgan fingerprint density at radius 3 is 2.16 bits per heavy atom. The van der Waals surface area contributed by atoms with E-state index in [1.54, 1.807) is 6.92 Å². The third-order valence-electron chi connectivity index (χ3n) is 9.60. The zero-order valence-electron chi connectivity index (χ0n) is 30.3. The van der Waals surface area contributed by atoms with Crippen molar-refractivity contribution >= 4 is 17.8 Å². The SMILES string of the molecule is CCOC(=O)N1c2ccc(C(F)(F)F)cc2[C@@H](c2ncc(CNC(=O)NCCN3CCOCC3)c(Cc3cc(C(F)(F)F)cc(C(F)(F)F)c3)n2)C[C@@]1(N)CC. The van der Waals surface area contributed by atoms with Gasteiger partial charge in [0.1, 0.15) is 11.5 Å². The highest BCUT2D eigenvalue weighted by atomic mass is 19.4. The molecule has 20 heteroatoms. The molecule has 56 heavy (non-hydrogen) atoms. The fourth-order valence-corrected chi connectivity index (χ4v) is 6.64. The standard InChI is InChI=1S/C36H40F9N7O4/c1-3-33(46)18-27(26-17-23(34(37,38)39)5-6-29(26)52(33)32(54)56-4-2)30-48-19-22(20-49-31(53)47-7-8-51-9-11-55-12-10-51)28(50-30)15-21-13-24(35(40,41)42)16-25(14-21)36(43,44)45/h5-6,13-14,16-17,19,27H,3-4,7-12,15,18,20,46H2,1-2H3,(H2,47,49,53)/t27-,33+/m0/s1. The number of alkyl halides is 9. The molecule has 306 valence electrons. The van der Waals surface area contributed by atoms with Crippen molar-refractivity contribution in [3.05, 3.63) is 87.5 Å². The van der Waals surface area contributed by atoms with E-state index in [-0.39, 0.29) is 66.9 Å². The number of carbonyl (C=O) groups excluding carboxylic acids is 2. The second kappa shape index (κ2) is 16.8. The molecule has 3 amide bonds. The molecule has 0 spiro atoms. The number of rotatable bonds is 10. The molecule has 2 atom stereocenters. The van der Waals surface area contributed by atoms with Crippen LogP contribution in [0.2, 0.25) is 0 Å². The largest absolute Gasteiger partial charge is 0.449 e. The molecule has 0 bridgehead atoms. The van der Waals surface area contributed by atoms with Crippen LogP contribution in [0.25, 0.3) is 0 Å². The van der Waals surface area contributed by atoms with E-state index in [4.69, 9.17) is 15.2 Å². The van der Waals surface area contributed by atoms with Crippen molar-refractivity contribution in [1.82, 2.24) is 25.5 Å². The molecule has 2 aromatic carbocycles. The predicted octanol–water partition coefficient (Wildman–Crippen LogP) is 6.82. The average molecular weight is 806 g/mol. The Balaban J connectivity index is 1.57. The summed E-state index contributed by atoms with van der Waals surface area (Å²) in [6.07, 6.45) is -15.6. The van der Waals surface area contributed by atoms with Gasteiger partial charge in [-0.1, -0.05) is 6.92 Å². The first-order valence-electron chi connectivity index (χ1n) is 17.6. The van der Waals surface area contributed by atoms with E-state index in [1.165, 1.54) is 13.1 Å². The van der Waals surface area contributed by atoms with E-state index in [0.29, 0.717) is 45.0 Å². The lowest BCUT2D eigenvalue weighted by Gasteiger charge is -2.46. The van der Waals surface area contributed by atoms with Crippen LogP contribution in [0.3, 0.4) is 0 Å². The lowest BCUT2D eigenvalue weighted by Crippen LogP contribution is -2.61. The number of anilines is 1. The lowest BCUT2D eigenvalue weighted by molar-refractivity contribution is -0.143. The van der Waals surface area contributed by atoms with Crippen molar-refractivity contribution in [1.29, 1.82) is 0 Å². The van der Waals surface area contributed by atoms with Gasteiger partial charge in [0.05, 0.1) is 47.9 Å². The molecule has 0 radical (unpaired) electrons. The second-order valence-electron chi connectivity index (χ2n) is 13.4. The number of ether oxygens (including phenoxy) is 2. The first-order valence-corrected chi connectivity index (χ1v) is 17.6. The van der Waals surface area contributed by atoms with E-state index in [0.717, 1.165) is 23.1 Å². The zero-order chi connectivity index (χ0) is 41.1. The second-order valence-corrected chi connectivity index (χ2v) is 13.4. The Morgan fingerprint density at radius 1 is 0.929 bits per heavy atom. The minimum Gasteiger partial charge on any atom is -0.449 e. The highest BCUT2D eigenvalue weighted by molar-refractivity contribution is 5.91. The van der Waals surface area contributed by atoms with Gasteiger partial charge in [-0.2, -0.15) is 39.5 Å². The van der Waals surface area contributed by atoms with Crippen molar-refractivity contribution in [2.75, 3.05) is 50.9 Å². The number of fused-ring (bicyclic) bond motifs is 1. The molecule has 2 aliphatic heterocycles. The maximum absolute atomic E-state index is 14.0. The van der Waals surface area contributed by atoms with Gasteiger partial charge in [0.2, 0.25) is 0 Å². The first kappa shape index (κ1) is 42.5. The van der Waals surface area contributed by atoms with Crippen LogP contribution in [0.5, 0.6) is 0 Å². The van der Waals surface area contributed by atoms with Crippen LogP contribution in [0.1, 0.15) is 77.5 Å². The van der Waals surface area contributed by atoms with Crippen LogP contribution >= 0.6 is 0 Å². The minimum atomic E-state index is -5.14. The molecule has 4 N–H and O–H groups in total. The summed E-state index contributed by atoms with van der Waals surface area (Å²) in [6.45, 7) is 5.99. The van der Waals surface area contributed by atoms with Crippen molar-refractivity contribution in [2.24, 2.45) is 5.73 Å². The van der Waals surface area contributed by atoms with Crippen LogP contribution in [0.4, 0.5) is 54.8 Å². The number of halogens is 9. The Morgan fingerprint density at radius 2 is 1.57 bits per heavy atom. The van der Waals surface area contributed by atoms with Gasteiger partial charge in [-0.05, 0) is 67.3 Å². The molecule has 0 unspecified atom stereocenters. The normalized spacial score (nSPS) is 19.4. The van der Waals surface area contributed by atoms with Crippen molar-refractivity contribution in [3.8, 4) is 0 Å². The number of nitrogens with one attached hydrogen (secondary N) is 2. The molecule has 1 fully saturated rings. The van der Waals surface area contributed by atoms with Gasteiger partial charge in [-0.25, -0.2) is 19.6 Å². The van der Waals surface area contributed by atoms with Crippen molar-refractivity contribution in [3.63, 3.8) is 0 Å². The van der Waals surface area contributed by atoms with E-state index >= 15 is 0 Å². The summed E-state index contributed by atoms with van der Waals surface area (Å²) in [6, 6.07) is 3.07. The van der Waals surface area contributed by atoms with Crippen LogP contribution < -0.4 is 21.3 Å². The fourth-order valence-electron chi connectivity index (χ4n) is 6.64. The molecule has 0 saturated carbocycles. The number of urea groups is 1. The van der Waals surface area contributed by atoms with Gasteiger partial charge in [0, 0.05) is 56.8 Å². The molecule has 2 aliphatic rings.